The zero-order chi connectivity index (χ0) is 12.4. The van der Waals surface area contributed by atoms with Crippen molar-refractivity contribution in [3.63, 3.8) is 0 Å². The van der Waals surface area contributed by atoms with Crippen molar-refractivity contribution in [2.75, 3.05) is 12.3 Å². The fraction of sp³-hybridized carbons (Fsp3) is 0.455. The number of nitrogens with two attached hydrogens (primary N) is 1. The molecule has 94 valence electrons. The third-order valence-electron chi connectivity index (χ3n) is 2.59. The maximum absolute atomic E-state index is 9.64. The molecule has 1 heterocycles. The van der Waals surface area contributed by atoms with Crippen molar-refractivity contribution in [2.24, 2.45) is 0 Å². The number of rotatable bonds is 2. The van der Waals surface area contributed by atoms with Gasteiger partial charge in [-0.2, -0.15) is 0 Å². The summed E-state index contributed by atoms with van der Waals surface area (Å²) in [7, 11) is 0. The highest BCUT2D eigenvalue weighted by Crippen LogP contribution is 2.21. The van der Waals surface area contributed by atoms with Crippen LogP contribution in [0.15, 0.2) is 24.3 Å². The molecule has 4 atom stereocenters. The van der Waals surface area contributed by atoms with Crippen molar-refractivity contribution in [2.45, 2.75) is 24.6 Å². The zero-order valence-corrected chi connectivity index (χ0v) is 9.06. The predicted octanol–water partition coefficient (Wildman–Crippen LogP) is -0.913. The topological polar surface area (TPSA) is 105 Å². The Balaban J connectivity index is 2.01. The molecule has 0 spiro atoms. The number of aliphatic hydroxyl groups excluding tert-OH is 3. The molecule has 6 nitrogen and oxygen atoms in total. The second-order valence-electron chi connectivity index (χ2n) is 3.94. The van der Waals surface area contributed by atoms with Crippen LogP contribution in [-0.4, -0.2) is 46.5 Å². The van der Waals surface area contributed by atoms with Gasteiger partial charge in [-0.15, -0.1) is 0 Å². The third kappa shape index (κ3) is 2.67. The summed E-state index contributed by atoms with van der Waals surface area (Å²) in [6, 6.07) is 6.55. The molecule has 0 bridgehead atoms. The molecule has 0 radical (unpaired) electrons. The second-order valence-corrected chi connectivity index (χ2v) is 3.94. The summed E-state index contributed by atoms with van der Waals surface area (Å²) in [6.07, 6.45) is -4.67. The Morgan fingerprint density at radius 2 is 1.76 bits per heavy atom. The molecule has 6 heteroatoms. The molecule has 0 amide bonds. The van der Waals surface area contributed by atoms with Gasteiger partial charge in [0.2, 0.25) is 6.29 Å². The van der Waals surface area contributed by atoms with E-state index in [0.717, 1.165) is 0 Å². The van der Waals surface area contributed by atoms with Crippen LogP contribution < -0.4 is 10.5 Å². The summed E-state index contributed by atoms with van der Waals surface area (Å²) in [5, 5.41) is 28.4. The van der Waals surface area contributed by atoms with Crippen molar-refractivity contribution in [3.8, 4) is 5.75 Å². The predicted molar refractivity (Wildman–Crippen MR) is 59.2 cm³/mol. The first-order valence-corrected chi connectivity index (χ1v) is 5.26. The van der Waals surface area contributed by atoms with E-state index in [1.165, 1.54) is 0 Å². The number of hydrogen-bond donors (Lipinski definition) is 4. The van der Waals surface area contributed by atoms with Gasteiger partial charge in [-0.3, -0.25) is 0 Å². The first-order chi connectivity index (χ1) is 8.08. The Bertz CT molecular complexity index is 369. The molecule has 5 N–H and O–H groups in total. The van der Waals surface area contributed by atoms with E-state index >= 15 is 0 Å². The van der Waals surface area contributed by atoms with Gasteiger partial charge < -0.3 is 30.5 Å². The number of aliphatic hydroxyl groups is 3. The number of nitrogen functional groups attached to an aromatic ring is 1. The number of benzene rings is 1. The largest absolute Gasteiger partial charge is 0.462 e. The van der Waals surface area contributed by atoms with E-state index in [1.807, 2.05) is 0 Å². The molecule has 1 fully saturated rings. The van der Waals surface area contributed by atoms with Crippen LogP contribution in [0.2, 0.25) is 0 Å². The van der Waals surface area contributed by atoms with Crippen molar-refractivity contribution in [3.05, 3.63) is 24.3 Å². The fourth-order valence-corrected chi connectivity index (χ4v) is 1.56. The van der Waals surface area contributed by atoms with Crippen molar-refractivity contribution in [1.82, 2.24) is 0 Å². The van der Waals surface area contributed by atoms with Gasteiger partial charge in [0.25, 0.3) is 0 Å². The van der Waals surface area contributed by atoms with Crippen molar-refractivity contribution >= 4 is 5.69 Å². The van der Waals surface area contributed by atoms with E-state index in [2.05, 4.69) is 0 Å². The zero-order valence-electron chi connectivity index (χ0n) is 9.06. The molecule has 1 aromatic rings. The summed E-state index contributed by atoms with van der Waals surface area (Å²) in [5.41, 5.74) is 6.11. The van der Waals surface area contributed by atoms with Gasteiger partial charge in [0, 0.05) is 5.69 Å². The normalized spacial score (nSPS) is 33.4. The van der Waals surface area contributed by atoms with Crippen LogP contribution in [-0.2, 0) is 4.74 Å². The Morgan fingerprint density at radius 3 is 2.41 bits per heavy atom. The third-order valence-corrected chi connectivity index (χ3v) is 2.59. The molecule has 1 aliphatic heterocycles. The standard InChI is InChI=1S/C11H15NO5/c12-6-1-3-7(4-2-6)17-11-10(15)9(14)8(13)5-16-11/h1-4,8-11,13-15H,5,12H2/t8-,9+,10-,11-/m1/s1. The van der Waals surface area contributed by atoms with Gasteiger partial charge in [-0.1, -0.05) is 0 Å². The highest BCUT2D eigenvalue weighted by Gasteiger charge is 2.38. The molecule has 0 aliphatic carbocycles. The average Bonchev–Trinajstić information content (AvgIpc) is 2.33. The molecule has 1 aromatic carbocycles. The van der Waals surface area contributed by atoms with Crippen molar-refractivity contribution in [1.29, 1.82) is 0 Å². The average molecular weight is 241 g/mol. The van der Waals surface area contributed by atoms with E-state index in [0.29, 0.717) is 11.4 Å². The molecule has 17 heavy (non-hydrogen) atoms. The van der Waals surface area contributed by atoms with Gasteiger partial charge in [0.1, 0.15) is 24.1 Å². The molecule has 0 saturated carbocycles. The lowest BCUT2D eigenvalue weighted by atomic mass is 10.1. The van der Waals surface area contributed by atoms with E-state index in [4.69, 9.17) is 15.2 Å². The Morgan fingerprint density at radius 1 is 1.12 bits per heavy atom. The Labute approximate surface area is 98.2 Å². The number of hydrogen-bond acceptors (Lipinski definition) is 6. The van der Waals surface area contributed by atoms with Crippen LogP contribution in [0.4, 0.5) is 5.69 Å². The monoisotopic (exact) mass is 241 g/mol. The summed E-state index contributed by atoms with van der Waals surface area (Å²) in [5.74, 6) is 0.465. The molecule has 2 rings (SSSR count). The maximum atomic E-state index is 9.64. The van der Waals surface area contributed by atoms with Gasteiger partial charge in [-0.05, 0) is 24.3 Å². The van der Waals surface area contributed by atoms with Crippen LogP contribution in [0.1, 0.15) is 0 Å². The SMILES string of the molecule is Nc1ccc(O[C@H]2OC[C@@H](O)[C@H](O)[C@H]2O)cc1. The summed E-state index contributed by atoms with van der Waals surface area (Å²) in [4.78, 5) is 0. The second kappa shape index (κ2) is 4.89. The van der Waals surface area contributed by atoms with E-state index in [-0.39, 0.29) is 6.61 Å². The summed E-state index contributed by atoms with van der Waals surface area (Å²) in [6.45, 7) is -0.0855. The summed E-state index contributed by atoms with van der Waals surface area (Å²) < 4.78 is 10.4. The fourth-order valence-electron chi connectivity index (χ4n) is 1.56. The molecular formula is C11H15NO5. The minimum atomic E-state index is -1.30. The minimum Gasteiger partial charge on any atom is -0.462 e. The first-order valence-electron chi connectivity index (χ1n) is 5.26. The van der Waals surface area contributed by atoms with Gasteiger partial charge >= 0.3 is 0 Å². The van der Waals surface area contributed by atoms with E-state index < -0.39 is 24.6 Å². The summed E-state index contributed by atoms with van der Waals surface area (Å²) >= 11 is 0. The Hall–Kier alpha value is -1.34. The number of anilines is 1. The van der Waals surface area contributed by atoms with Gasteiger partial charge in [0.15, 0.2) is 0 Å². The Kier molecular flexibility index (Phi) is 3.49. The highest BCUT2D eigenvalue weighted by atomic mass is 16.7. The quantitative estimate of drug-likeness (QED) is 0.499. The van der Waals surface area contributed by atoms with Gasteiger partial charge in [-0.25, -0.2) is 0 Å². The van der Waals surface area contributed by atoms with Crippen LogP contribution in [0.5, 0.6) is 5.75 Å². The molecule has 1 aliphatic rings. The van der Waals surface area contributed by atoms with Crippen LogP contribution in [0.3, 0.4) is 0 Å². The maximum Gasteiger partial charge on any atom is 0.228 e. The lowest BCUT2D eigenvalue weighted by Gasteiger charge is -2.34. The highest BCUT2D eigenvalue weighted by molar-refractivity contribution is 5.41. The van der Waals surface area contributed by atoms with Crippen LogP contribution in [0.25, 0.3) is 0 Å². The lowest BCUT2D eigenvalue weighted by Crippen LogP contribution is -2.54. The van der Waals surface area contributed by atoms with Crippen molar-refractivity contribution < 1.29 is 24.8 Å². The minimum absolute atomic E-state index is 0.0855. The van der Waals surface area contributed by atoms with Crippen LogP contribution in [0, 0.1) is 0 Å². The smallest absolute Gasteiger partial charge is 0.228 e. The molecule has 0 unspecified atom stereocenters. The van der Waals surface area contributed by atoms with E-state index in [1.54, 1.807) is 24.3 Å². The van der Waals surface area contributed by atoms with Crippen LogP contribution >= 0.6 is 0 Å². The van der Waals surface area contributed by atoms with E-state index in [9.17, 15) is 15.3 Å². The molecular weight excluding hydrogens is 226 g/mol. The van der Waals surface area contributed by atoms with Gasteiger partial charge in [0.05, 0.1) is 6.61 Å². The molecule has 0 aromatic heterocycles. The number of ether oxygens (including phenoxy) is 2. The molecule has 1 saturated heterocycles. The lowest BCUT2D eigenvalue weighted by molar-refractivity contribution is -0.242. The first kappa shape index (κ1) is 12.1.